The molecule has 41 heavy (non-hydrogen) atoms. The molecular weight excluding hydrogens is 557 g/mol. The van der Waals surface area contributed by atoms with Crippen LogP contribution >= 0.6 is 0 Å². The number of rotatable bonds is 8. The molecule has 4 heterocycles. The topological polar surface area (TPSA) is 159 Å². The summed E-state index contributed by atoms with van der Waals surface area (Å²) in [7, 11) is 0. The van der Waals surface area contributed by atoms with E-state index < -0.39 is 54.6 Å². The van der Waals surface area contributed by atoms with E-state index in [0.717, 1.165) is 4.90 Å². The zero-order valence-corrected chi connectivity index (χ0v) is 20.6. The van der Waals surface area contributed by atoms with E-state index in [1.54, 1.807) is 12.1 Å². The van der Waals surface area contributed by atoms with Gasteiger partial charge in [-0.2, -0.15) is 13.2 Å². The van der Waals surface area contributed by atoms with Crippen molar-refractivity contribution in [2.24, 2.45) is 0 Å². The molecule has 3 N–H and O–H groups in total. The van der Waals surface area contributed by atoms with Gasteiger partial charge in [0.15, 0.2) is 23.3 Å². The number of fused-ring (bicyclic) bond motifs is 1. The molecule has 1 aliphatic rings. The lowest BCUT2D eigenvalue weighted by atomic mass is 10.1. The van der Waals surface area contributed by atoms with Gasteiger partial charge < -0.3 is 24.4 Å². The summed E-state index contributed by atoms with van der Waals surface area (Å²) in [6, 6.07) is 5.81. The van der Waals surface area contributed by atoms with E-state index in [9.17, 15) is 31.9 Å². The average molecular weight is 575 g/mol. The van der Waals surface area contributed by atoms with E-state index in [0.29, 0.717) is 16.3 Å². The molecule has 4 aromatic rings. The van der Waals surface area contributed by atoms with Crippen LogP contribution in [-0.4, -0.2) is 52.7 Å². The average Bonchev–Trinajstić information content (AvgIpc) is 3.61. The molecule has 0 spiro atoms. The lowest BCUT2D eigenvalue weighted by molar-refractivity contribution is -0.149. The second kappa shape index (κ2) is 10.7. The third-order valence-electron chi connectivity index (χ3n) is 6.08. The van der Waals surface area contributed by atoms with Gasteiger partial charge in [-0.1, -0.05) is 23.4 Å². The molecule has 0 radical (unpaired) electrons. The first-order valence-electron chi connectivity index (χ1n) is 11.7. The fourth-order valence-corrected chi connectivity index (χ4v) is 4.12. The first kappa shape index (κ1) is 27.4. The van der Waals surface area contributed by atoms with Gasteiger partial charge in [-0.05, 0) is 12.1 Å². The molecule has 1 atom stereocenters. The summed E-state index contributed by atoms with van der Waals surface area (Å²) in [5.41, 5.74) is 0.391. The number of carboxylic acid groups (broad SMARTS) is 1. The van der Waals surface area contributed by atoms with Gasteiger partial charge in [0.2, 0.25) is 5.82 Å². The van der Waals surface area contributed by atoms with Crippen LogP contribution < -0.4 is 10.2 Å². The second-order valence-corrected chi connectivity index (χ2v) is 8.70. The summed E-state index contributed by atoms with van der Waals surface area (Å²) < 4.78 is 74.4. The first-order chi connectivity index (χ1) is 19.5. The maximum absolute atomic E-state index is 14.9. The van der Waals surface area contributed by atoms with Crippen molar-refractivity contribution < 1.29 is 36.4 Å². The van der Waals surface area contributed by atoms with Gasteiger partial charge in [-0.15, -0.1) is 10.2 Å². The number of allylic oxidation sites excluding steroid dienone is 1. The Balaban J connectivity index is 1.46. The summed E-state index contributed by atoms with van der Waals surface area (Å²) in [4.78, 5) is 20.7. The Morgan fingerprint density at radius 2 is 1.98 bits per heavy atom. The van der Waals surface area contributed by atoms with Gasteiger partial charge in [0, 0.05) is 18.2 Å². The van der Waals surface area contributed by atoms with Crippen LogP contribution in [0.2, 0.25) is 0 Å². The monoisotopic (exact) mass is 575 g/mol. The molecule has 12 nitrogen and oxygen atoms in total. The number of hydrogen-bond acceptors (Lipinski definition) is 10. The molecule has 1 aliphatic heterocycles. The highest BCUT2D eigenvalue weighted by Crippen LogP contribution is 2.32. The number of aromatic nitrogens is 6. The molecule has 0 bridgehead atoms. The van der Waals surface area contributed by atoms with Crippen LogP contribution in [-0.2, 0) is 30.6 Å². The third kappa shape index (κ3) is 5.59. The predicted molar refractivity (Wildman–Crippen MR) is 129 cm³/mol. The Labute approximate surface area is 226 Å². The highest BCUT2D eigenvalue weighted by Gasteiger charge is 2.43. The highest BCUT2D eigenvalue weighted by atomic mass is 19.4. The summed E-state index contributed by atoms with van der Waals surface area (Å²) in [5.74, 6) is -5.62. The number of carboxylic acids is 1. The smallest absolute Gasteiger partial charge is 0.451 e. The molecule has 1 aromatic carbocycles. The molecule has 5 rings (SSSR count). The number of nitrogens with one attached hydrogen (secondary N) is 2. The number of aliphatic carboxylic acids is 1. The van der Waals surface area contributed by atoms with Crippen LogP contribution in [0.15, 0.2) is 53.4 Å². The lowest BCUT2D eigenvalue weighted by Gasteiger charge is -2.34. The van der Waals surface area contributed by atoms with Gasteiger partial charge in [0.1, 0.15) is 29.5 Å². The maximum atomic E-state index is 14.9. The van der Waals surface area contributed by atoms with Crippen LogP contribution in [0.1, 0.15) is 28.7 Å². The SMILES string of the molecule is N=C(/C=C(\NCc1ccccc1F)c1ccon1)c1ncc(F)c(N2Cc3nnc(C(F)(F)F)n3CC2C(=O)O)n1. The van der Waals surface area contributed by atoms with Gasteiger partial charge >= 0.3 is 12.1 Å². The predicted octanol–water partition coefficient (Wildman–Crippen LogP) is 3.03. The molecule has 212 valence electrons. The fourth-order valence-electron chi connectivity index (χ4n) is 4.12. The van der Waals surface area contributed by atoms with Crippen molar-refractivity contribution in [2.75, 3.05) is 4.90 Å². The maximum Gasteiger partial charge on any atom is 0.451 e. The summed E-state index contributed by atoms with van der Waals surface area (Å²) >= 11 is 0. The number of benzene rings is 1. The molecule has 0 saturated carbocycles. The number of halogens is 5. The van der Waals surface area contributed by atoms with E-state index in [1.807, 2.05) is 0 Å². The zero-order valence-electron chi connectivity index (χ0n) is 20.6. The van der Waals surface area contributed by atoms with E-state index in [2.05, 4.69) is 30.6 Å². The molecule has 1 unspecified atom stereocenters. The number of alkyl halides is 3. The minimum absolute atomic E-state index is 0.00281. The molecule has 0 fully saturated rings. The van der Waals surface area contributed by atoms with E-state index in [-0.39, 0.29) is 35.3 Å². The first-order valence-corrected chi connectivity index (χ1v) is 11.7. The summed E-state index contributed by atoms with van der Waals surface area (Å²) in [6.07, 6.45) is -1.67. The number of carbonyl (C=O) groups is 1. The highest BCUT2D eigenvalue weighted by molar-refractivity contribution is 6.07. The van der Waals surface area contributed by atoms with Crippen molar-refractivity contribution in [3.05, 3.63) is 89.2 Å². The van der Waals surface area contributed by atoms with Gasteiger partial charge in [0.05, 0.1) is 25.0 Å². The normalized spacial score (nSPS) is 15.5. The van der Waals surface area contributed by atoms with Crippen molar-refractivity contribution in [2.45, 2.75) is 31.9 Å². The Hall–Kier alpha value is -5.22. The van der Waals surface area contributed by atoms with Crippen LogP contribution in [0.4, 0.5) is 27.8 Å². The zero-order chi connectivity index (χ0) is 29.3. The van der Waals surface area contributed by atoms with Crippen LogP contribution in [0.3, 0.4) is 0 Å². The molecular formula is C24H18F5N9O3. The number of nitrogens with zero attached hydrogens (tertiary/aromatic N) is 7. The Bertz CT molecular complexity index is 1640. The minimum Gasteiger partial charge on any atom is -0.480 e. The van der Waals surface area contributed by atoms with Crippen molar-refractivity contribution in [3.63, 3.8) is 0 Å². The molecule has 17 heteroatoms. The van der Waals surface area contributed by atoms with Crippen LogP contribution in [0.25, 0.3) is 5.70 Å². The van der Waals surface area contributed by atoms with E-state index >= 15 is 0 Å². The van der Waals surface area contributed by atoms with Crippen LogP contribution in [0.5, 0.6) is 0 Å². The van der Waals surface area contributed by atoms with Gasteiger partial charge in [-0.25, -0.2) is 23.5 Å². The Morgan fingerprint density at radius 1 is 1.20 bits per heavy atom. The largest absolute Gasteiger partial charge is 0.480 e. The second-order valence-electron chi connectivity index (χ2n) is 8.70. The minimum atomic E-state index is -4.88. The van der Waals surface area contributed by atoms with E-state index in [1.165, 1.54) is 30.5 Å². The Kier molecular flexibility index (Phi) is 7.17. The lowest BCUT2D eigenvalue weighted by Crippen LogP contribution is -2.49. The number of anilines is 1. The molecule has 3 aromatic heterocycles. The standard InChI is InChI=1S/C24H18F5N9O3/c25-13-4-2-1-3-12(13)8-31-17(16-5-6-41-36-16)7-15(30)20-32-9-14(26)21(33-20)37-11-19-34-35-23(24(27,28)29)38(19)10-18(37)22(39)40/h1-7,9,18,30-31H,8,10-11H2,(H,39,40)/b17-7-,30-15?. The molecule has 0 amide bonds. The summed E-state index contributed by atoms with van der Waals surface area (Å²) in [6.45, 7) is -1.30. The van der Waals surface area contributed by atoms with Crippen molar-refractivity contribution in [3.8, 4) is 0 Å². The quantitative estimate of drug-likeness (QED) is 0.211. The van der Waals surface area contributed by atoms with Crippen molar-refractivity contribution >= 4 is 23.2 Å². The van der Waals surface area contributed by atoms with E-state index in [4.69, 9.17) is 9.93 Å². The molecule has 0 aliphatic carbocycles. The van der Waals surface area contributed by atoms with Gasteiger partial charge in [-0.3, -0.25) is 5.41 Å². The van der Waals surface area contributed by atoms with Crippen LogP contribution in [0, 0.1) is 17.0 Å². The van der Waals surface area contributed by atoms with Crippen molar-refractivity contribution in [1.29, 1.82) is 5.41 Å². The Morgan fingerprint density at radius 3 is 2.66 bits per heavy atom. The fraction of sp³-hybridized carbons (Fsp3) is 0.208. The van der Waals surface area contributed by atoms with Gasteiger partial charge in [0.25, 0.3) is 0 Å². The molecule has 0 saturated heterocycles. The number of hydrogen-bond donors (Lipinski definition) is 3. The van der Waals surface area contributed by atoms with Crippen molar-refractivity contribution in [1.82, 2.24) is 35.2 Å². The summed E-state index contributed by atoms with van der Waals surface area (Å²) in [5, 5.41) is 31.6. The third-order valence-corrected chi connectivity index (χ3v) is 6.08.